The topological polar surface area (TPSA) is 78.9 Å². The van der Waals surface area contributed by atoms with Gasteiger partial charge in [0.1, 0.15) is 6.07 Å². The Morgan fingerprint density at radius 1 is 1.26 bits per heavy atom. The van der Waals surface area contributed by atoms with Crippen LogP contribution in [-0.4, -0.2) is 18.0 Å². The number of carbonyl (C=O) groups excluding carboxylic acids is 1. The molecule has 0 saturated carbocycles. The second-order valence-corrected chi connectivity index (χ2v) is 3.44. The third-order valence-corrected chi connectivity index (χ3v) is 2.05. The first-order valence-corrected chi connectivity index (χ1v) is 4.65. The van der Waals surface area contributed by atoms with Crippen LogP contribution in [-0.2, 0) is 4.79 Å². The van der Waals surface area contributed by atoms with Crippen molar-refractivity contribution >= 4 is 17.3 Å². The minimum Gasteiger partial charge on any atom is -0.399 e. The van der Waals surface area contributed by atoms with Crippen LogP contribution in [0.2, 0.25) is 0 Å². The van der Waals surface area contributed by atoms with Crippen LogP contribution in [0.25, 0.3) is 0 Å². The summed E-state index contributed by atoms with van der Waals surface area (Å²) in [5.41, 5.74) is 4.58. The molecule has 1 aromatic rings. The Kier molecular flexibility index (Phi) is 3.65. The number of hydrogen-bond acceptors (Lipinski definition) is 3. The summed E-state index contributed by atoms with van der Waals surface area (Å²) in [6.45, 7) is 0. The number of benzene rings is 1. The second-order valence-electron chi connectivity index (χ2n) is 3.44. The molecule has 1 rings (SSSR count). The maximum absolute atomic E-state index is 12.7. The van der Waals surface area contributed by atoms with Gasteiger partial charge in [-0.3, -0.25) is 4.79 Å². The third kappa shape index (κ3) is 2.90. The quantitative estimate of drug-likeness (QED) is 0.644. The van der Waals surface area contributed by atoms with E-state index in [1.165, 1.54) is 11.4 Å². The van der Waals surface area contributed by atoms with Crippen molar-refractivity contribution in [3.63, 3.8) is 0 Å². The Hall–Kier alpha value is -2.37. The number of halogens is 5. The first kappa shape index (κ1) is 14.7. The van der Waals surface area contributed by atoms with Crippen LogP contribution >= 0.6 is 0 Å². The number of nitriles is 1. The van der Waals surface area contributed by atoms with Crippen molar-refractivity contribution in [1.29, 1.82) is 5.26 Å². The van der Waals surface area contributed by atoms with Gasteiger partial charge in [-0.05, 0) is 18.2 Å². The number of nitrogens with two attached hydrogens (primary N) is 1. The van der Waals surface area contributed by atoms with Crippen LogP contribution in [0.15, 0.2) is 18.2 Å². The average molecular weight is 279 g/mol. The molecule has 0 saturated heterocycles. The largest absolute Gasteiger partial charge is 0.463 e. The van der Waals surface area contributed by atoms with Gasteiger partial charge in [-0.25, -0.2) is 0 Å². The van der Waals surface area contributed by atoms with E-state index in [0.717, 1.165) is 18.2 Å². The average Bonchev–Trinajstić information content (AvgIpc) is 2.29. The molecule has 0 fully saturated rings. The van der Waals surface area contributed by atoms with Crippen molar-refractivity contribution in [2.45, 2.75) is 12.1 Å². The highest BCUT2D eigenvalue weighted by atomic mass is 19.4. The normalized spacial score (nSPS) is 11.8. The summed E-state index contributed by atoms with van der Waals surface area (Å²) in [4.78, 5) is 10.9. The van der Waals surface area contributed by atoms with Gasteiger partial charge in [0.15, 0.2) is 0 Å². The summed E-state index contributed by atoms with van der Waals surface area (Å²) in [7, 11) is 0. The maximum Gasteiger partial charge on any atom is 0.463 e. The Morgan fingerprint density at radius 3 is 2.32 bits per heavy atom. The van der Waals surface area contributed by atoms with Gasteiger partial charge in [-0.2, -0.15) is 27.2 Å². The Balaban J connectivity index is 3.05. The van der Waals surface area contributed by atoms with Crippen molar-refractivity contribution < 1.29 is 26.7 Å². The highest BCUT2D eigenvalue weighted by molar-refractivity contribution is 5.97. The SMILES string of the molecule is N#Cc1cc(N)ccc1NC(=O)C(F)(F)C(F)(F)F. The predicted molar refractivity (Wildman–Crippen MR) is 55.2 cm³/mol. The summed E-state index contributed by atoms with van der Waals surface area (Å²) in [6.07, 6.45) is -6.02. The number of nitrogens with zero attached hydrogens (tertiary/aromatic N) is 1. The Bertz CT molecular complexity index is 547. The zero-order chi connectivity index (χ0) is 14.8. The minimum atomic E-state index is -6.02. The predicted octanol–water partition coefficient (Wildman–Crippen LogP) is 2.28. The van der Waals surface area contributed by atoms with Crippen molar-refractivity contribution in [1.82, 2.24) is 0 Å². The molecule has 3 N–H and O–H groups in total. The van der Waals surface area contributed by atoms with Crippen LogP contribution < -0.4 is 11.1 Å². The molecule has 0 aromatic heterocycles. The number of rotatable bonds is 2. The van der Waals surface area contributed by atoms with Crippen LogP contribution in [0.1, 0.15) is 5.56 Å². The van der Waals surface area contributed by atoms with Crippen molar-refractivity contribution in [2.24, 2.45) is 0 Å². The van der Waals surface area contributed by atoms with E-state index in [9.17, 15) is 26.7 Å². The van der Waals surface area contributed by atoms with Gasteiger partial charge >= 0.3 is 18.0 Å². The molecule has 1 amide bonds. The van der Waals surface area contributed by atoms with Crippen molar-refractivity contribution in [2.75, 3.05) is 11.1 Å². The summed E-state index contributed by atoms with van der Waals surface area (Å²) >= 11 is 0. The van der Waals surface area contributed by atoms with Gasteiger partial charge in [0.05, 0.1) is 11.3 Å². The van der Waals surface area contributed by atoms with Crippen LogP contribution in [0, 0.1) is 11.3 Å². The molecule has 0 spiro atoms. The van der Waals surface area contributed by atoms with Crippen LogP contribution in [0.3, 0.4) is 0 Å². The molecule has 0 aliphatic heterocycles. The van der Waals surface area contributed by atoms with E-state index >= 15 is 0 Å². The molecule has 0 unspecified atom stereocenters. The molecule has 0 bridgehead atoms. The zero-order valence-electron chi connectivity index (χ0n) is 9.05. The van der Waals surface area contributed by atoms with E-state index in [4.69, 9.17) is 11.0 Å². The number of hydrogen-bond donors (Lipinski definition) is 2. The summed E-state index contributed by atoms with van der Waals surface area (Å²) in [5.74, 6) is -8.12. The molecule has 0 heterocycles. The lowest BCUT2D eigenvalue weighted by atomic mass is 10.1. The fraction of sp³-hybridized carbons (Fsp3) is 0.200. The van der Waals surface area contributed by atoms with E-state index in [1.807, 2.05) is 0 Å². The monoisotopic (exact) mass is 279 g/mol. The number of carbonyl (C=O) groups is 1. The summed E-state index contributed by atoms with van der Waals surface area (Å²) in [5, 5.41) is 10.0. The van der Waals surface area contributed by atoms with E-state index in [2.05, 4.69) is 0 Å². The van der Waals surface area contributed by atoms with Crippen molar-refractivity contribution in [3.05, 3.63) is 23.8 Å². The molecule has 0 atom stereocenters. The molecule has 1 aromatic carbocycles. The third-order valence-electron chi connectivity index (χ3n) is 2.05. The first-order valence-electron chi connectivity index (χ1n) is 4.65. The number of nitrogen functional groups attached to an aromatic ring is 1. The number of anilines is 2. The highest BCUT2D eigenvalue weighted by Gasteiger charge is 2.63. The standard InChI is InChI=1S/C10H6F5N3O/c11-9(12,10(13,14)15)8(19)18-7-2-1-6(17)3-5(7)4-16/h1-3H,17H2,(H,18,19). The molecule has 0 radical (unpaired) electrons. The van der Waals surface area contributed by atoms with Crippen LogP contribution in [0.5, 0.6) is 0 Å². The smallest absolute Gasteiger partial charge is 0.399 e. The Labute approximate surface area is 103 Å². The lowest BCUT2D eigenvalue weighted by molar-refractivity contribution is -0.267. The van der Waals surface area contributed by atoms with Gasteiger partial charge in [-0.1, -0.05) is 0 Å². The molecule has 102 valence electrons. The zero-order valence-corrected chi connectivity index (χ0v) is 9.05. The molecule has 9 heteroatoms. The molecule has 0 aliphatic carbocycles. The van der Waals surface area contributed by atoms with E-state index < -0.39 is 23.7 Å². The second kappa shape index (κ2) is 4.72. The first-order chi connectivity index (χ1) is 8.59. The van der Waals surface area contributed by atoms with Gasteiger partial charge in [0.2, 0.25) is 0 Å². The molecule has 4 nitrogen and oxygen atoms in total. The molecular formula is C10H6F5N3O. The van der Waals surface area contributed by atoms with E-state index in [1.54, 1.807) is 0 Å². The molecule has 0 aliphatic rings. The summed E-state index contributed by atoms with van der Waals surface area (Å²) in [6, 6.07) is 4.64. The Morgan fingerprint density at radius 2 is 1.84 bits per heavy atom. The molecule has 19 heavy (non-hydrogen) atoms. The number of nitrogens with one attached hydrogen (secondary N) is 1. The fourth-order valence-electron chi connectivity index (χ4n) is 1.09. The fourth-order valence-corrected chi connectivity index (χ4v) is 1.09. The minimum absolute atomic E-state index is 0.0946. The van der Waals surface area contributed by atoms with Gasteiger partial charge in [0.25, 0.3) is 0 Å². The highest BCUT2D eigenvalue weighted by Crippen LogP contribution is 2.36. The lowest BCUT2D eigenvalue weighted by Gasteiger charge is -2.19. The number of amides is 1. The van der Waals surface area contributed by atoms with Crippen molar-refractivity contribution in [3.8, 4) is 6.07 Å². The number of alkyl halides is 5. The van der Waals surface area contributed by atoms with E-state index in [-0.39, 0.29) is 11.3 Å². The molecular weight excluding hydrogens is 273 g/mol. The van der Waals surface area contributed by atoms with Gasteiger partial charge < -0.3 is 11.1 Å². The van der Waals surface area contributed by atoms with E-state index in [0.29, 0.717) is 0 Å². The lowest BCUT2D eigenvalue weighted by Crippen LogP contribution is -2.47. The maximum atomic E-state index is 12.7. The summed E-state index contributed by atoms with van der Waals surface area (Å²) < 4.78 is 61.2. The van der Waals surface area contributed by atoms with Gasteiger partial charge in [-0.15, -0.1) is 0 Å². The van der Waals surface area contributed by atoms with Crippen LogP contribution in [0.4, 0.5) is 33.3 Å². The van der Waals surface area contributed by atoms with Gasteiger partial charge in [0, 0.05) is 5.69 Å².